The van der Waals surface area contributed by atoms with E-state index in [9.17, 15) is 4.79 Å². The number of aromatic nitrogens is 1. The van der Waals surface area contributed by atoms with E-state index >= 15 is 0 Å². The van der Waals surface area contributed by atoms with Crippen LogP contribution in [0.2, 0.25) is 5.15 Å². The molecule has 4 heteroatoms. The number of amides is 1. The molecule has 1 aromatic rings. The molecule has 1 fully saturated rings. The molecule has 2 heterocycles. The van der Waals surface area contributed by atoms with Crippen molar-refractivity contribution in [1.29, 1.82) is 0 Å². The molecule has 0 aliphatic carbocycles. The maximum Gasteiger partial charge on any atom is 0.254 e. The van der Waals surface area contributed by atoms with E-state index in [2.05, 4.69) is 18.8 Å². The molecule has 0 bridgehead atoms. The van der Waals surface area contributed by atoms with Crippen LogP contribution in [0, 0.1) is 5.92 Å². The van der Waals surface area contributed by atoms with Crippen LogP contribution in [0.4, 0.5) is 0 Å². The lowest BCUT2D eigenvalue weighted by Crippen LogP contribution is -2.39. The standard InChI is InChI=1S/C15H21ClN2O/c1-3-5-13-8-12(9-14(16)17-13)15(19)18-7-4-6-11(2)10-18/h8-9,11H,3-7,10H2,1-2H3. The Hall–Kier alpha value is -1.09. The van der Waals surface area contributed by atoms with Crippen molar-refractivity contribution in [1.82, 2.24) is 9.88 Å². The average molecular weight is 281 g/mol. The van der Waals surface area contributed by atoms with Gasteiger partial charge < -0.3 is 4.90 Å². The molecule has 0 saturated carbocycles. The highest BCUT2D eigenvalue weighted by Gasteiger charge is 2.22. The molecule has 0 N–H and O–H groups in total. The van der Waals surface area contributed by atoms with Crippen LogP contribution in [0.1, 0.15) is 49.2 Å². The van der Waals surface area contributed by atoms with Gasteiger partial charge >= 0.3 is 0 Å². The Morgan fingerprint density at radius 3 is 3.00 bits per heavy atom. The summed E-state index contributed by atoms with van der Waals surface area (Å²) in [6.45, 7) is 5.99. The number of carbonyl (C=O) groups is 1. The Morgan fingerprint density at radius 2 is 2.32 bits per heavy atom. The summed E-state index contributed by atoms with van der Waals surface area (Å²) in [4.78, 5) is 18.7. The van der Waals surface area contributed by atoms with Gasteiger partial charge in [-0.1, -0.05) is 31.9 Å². The third-order valence-electron chi connectivity index (χ3n) is 3.54. The molecule has 2 rings (SSSR count). The van der Waals surface area contributed by atoms with Crippen LogP contribution in [0.25, 0.3) is 0 Å². The van der Waals surface area contributed by atoms with Crippen molar-refractivity contribution >= 4 is 17.5 Å². The molecule has 0 aromatic carbocycles. The molecule has 104 valence electrons. The van der Waals surface area contributed by atoms with E-state index in [4.69, 9.17) is 11.6 Å². The fourth-order valence-corrected chi connectivity index (χ4v) is 2.84. The number of likely N-dealkylation sites (tertiary alicyclic amines) is 1. The molecule has 1 unspecified atom stereocenters. The molecule has 1 aliphatic heterocycles. The zero-order valence-corrected chi connectivity index (χ0v) is 12.4. The summed E-state index contributed by atoms with van der Waals surface area (Å²) in [5.74, 6) is 0.679. The Labute approximate surface area is 120 Å². The highest BCUT2D eigenvalue weighted by atomic mass is 35.5. The van der Waals surface area contributed by atoms with Gasteiger partial charge in [-0.15, -0.1) is 0 Å². The van der Waals surface area contributed by atoms with Crippen molar-refractivity contribution in [2.75, 3.05) is 13.1 Å². The molecule has 1 aromatic heterocycles. The van der Waals surface area contributed by atoms with Crippen molar-refractivity contribution in [2.45, 2.75) is 39.5 Å². The minimum Gasteiger partial charge on any atom is -0.338 e. The molecule has 3 nitrogen and oxygen atoms in total. The first-order chi connectivity index (χ1) is 9.10. The van der Waals surface area contributed by atoms with Crippen LogP contribution >= 0.6 is 11.6 Å². The van der Waals surface area contributed by atoms with Gasteiger partial charge in [-0.3, -0.25) is 4.79 Å². The molecular weight excluding hydrogens is 260 g/mol. The smallest absolute Gasteiger partial charge is 0.254 e. The summed E-state index contributed by atoms with van der Waals surface area (Å²) >= 11 is 6.02. The van der Waals surface area contributed by atoms with Crippen LogP contribution in [-0.4, -0.2) is 28.9 Å². The van der Waals surface area contributed by atoms with E-state index in [0.717, 1.165) is 38.0 Å². The summed E-state index contributed by atoms with van der Waals surface area (Å²) in [5.41, 5.74) is 1.58. The number of pyridine rings is 1. The van der Waals surface area contributed by atoms with E-state index in [0.29, 0.717) is 16.6 Å². The van der Waals surface area contributed by atoms with E-state index in [1.54, 1.807) is 6.07 Å². The summed E-state index contributed by atoms with van der Waals surface area (Å²) in [5, 5.41) is 0.416. The predicted octanol–water partition coefficient (Wildman–Crippen LogP) is 3.56. The number of piperidine rings is 1. The van der Waals surface area contributed by atoms with E-state index in [1.165, 1.54) is 6.42 Å². The van der Waals surface area contributed by atoms with Crippen molar-refractivity contribution in [3.63, 3.8) is 0 Å². The van der Waals surface area contributed by atoms with Gasteiger partial charge in [0.2, 0.25) is 0 Å². The Bertz CT molecular complexity index is 461. The SMILES string of the molecule is CCCc1cc(C(=O)N2CCCC(C)C2)cc(Cl)n1. The van der Waals surface area contributed by atoms with Crippen LogP contribution in [0.5, 0.6) is 0 Å². The first kappa shape index (κ1) is 14.3. The van der Waals surface area contributed by atoms with Gasteiger partial charge in [0, 0.05) is 24.3 Å². The zero-order valence-electron chi connectivity index (χ0n) is 11.7. The van der Waals surface area contributed by atoms with Crippen LogP contribution < -0.4 is 0 Å². The first-order valence-electron chi connectivity index (χ1n) is 7.06. The Morgan fingerprint density at radius 1 is 1.53 bits per heavy atom. The first-order valence-corrected chi connectivity index (χ1v) is 7.43. The molecule has 0 spiro atoms. The molecule has 0 radical (unpaired) electrons. The Kier molecular flexibility index (Phi) is 4.81. The maximum atomic E-state index is 12.5. The fourth-order valence-electron chi connectivity index (χ4n) is 2.62. The second kappa shape index (κ2) is 6.38. The van der Waals surface area contributed by atoms with Gasteiger partial charge in [0.1, 0.15) is 5.15 Å². The quantitative estimate of drug-likeness (QED) is 0.793. The fraction of sp³-hybridized carbons (Fsp3) is 0.600. The minimum absolute atomic E-state index is 0.0909. The van der Waals surface area contributed by atoms with Gasteiger partial charge in [0.25, 0.3) is 5.91 Å². The van der Waals surface area contributed by atoms with Crippen molar-refractivity contribution < 1.29 is 4.79 Å². The van der Waals surface area contributed by atoms with Gasteiger partial charge in [-0.2, -0.15) is 0 Å². The zero-order chi connectivity index (χ0) is 13.8. The van der Waals surface area contributed by atoms with E-state index in [-0.39, 0.29) is 5.91 Å². The number of hydrogen-bond donors (Lipinski definition) is 0. The van der Waals surface area contributed by atoms with Gasteiger partial charge in [0.05, 0.1) is 0 Å². The second-order valence-electron chi connectivity index (χ2n) is 5.42. The summed E-state index contributed by atoms with van der Waals surface area (Å²) in [6, 6.07) is 3.57. The lowest BCUT2D eigenvalue weighted by Gasteiger charge is -2.31. The number of halogens is 1. The summed E-state index contributed by atoms with van der Waals surface area (Å²) in [7, 11) is 0. The largest absolute Gasteiger partial charge is 0.338 e. The molecule has 1 aliphatic rings. The number of aryl methyl sites for hydroxylation is 1. The lowest BCUT2D eigenvalue weighted by molar-refractivity contribution is 0.0683. The second-order valence-corrected chi connectivity index (χ2v) is 5.81. The maximum absolute atomic E-state index is 12.5. The van der Waals surface area contributed by atoms with Gasteiger partial charge in [0.15, 0.2) is 0 Å². The van der Waals surface area contributed by atoms with Crippen molar-refractivity contribution in [2.24, 2.45) is 5.92 Å². The van der Waals surface area contributed by atoms with Gasteiger partial charge in [-0.25, -0.2) is 4.98 Å². The van der Waals surface area contributed by atoms with Crippen molar-refractivity contribution in [3.8, 4) is 0 Å². The van der Waals surface area contributed by atoms with Crippen LogP contribution in [-0.2, 0) is 6.42 Å². The summed E-state index contributed by atoms with van der Waals surface area (Å²) < 4.78 is 0. The van der Waals surface area contributed by atoms with Crippen LogP contribution in [0.3, 0.4) is 0 Å². The van der Waals surface area contributed by atoms with Gasteiger partial charge in [-0.05, 0) is 37.3 Å². The van der Waals surface area contributed by atoms with Crippen molar-refractivity contribution in [3.05, 3.63) is 28.5 Å². The number of hydrogen-bond acceptors (Lipinski definition) is 2. The third kappa shape index (κ3) is 3.69. The number of nitrogens with zero attached hydrogens (tertiary/aromatic N) is 2. The summed E-state index contributed by atoms with van der Waals surface area (Å²) in [6.07, 6.45) is 4.16. The van der Waals surface area contributed by atoms with E-state index in [1.807, 2.05) is 11.0 Å². The third-order valence-corrected chi connectivity index (χ3v) is 3.74. The normalized spacial score (nSPS) is 19.5. The lowest BCUT2D eigenvalue weighted by atomic mass is 9.99. The Balaban J connectivity index is 2.18. The highest BCUT2D eigenvalue weighted by molar-refractivity contribution is 6.29. The molecule has 1 saturated heterocycles. The molecule has 19 heavy (non-hydrogen) atoms. The van der Waals surface area contributed by atoms with E-state index < -0.39 is 0 Å². The number of carbonyl (C=O) groups excluding carboxylic acids is 1. The number of rotatable bonds is 3. The average Bonchev–Trinajstić information content (AvgIpc) is 2.37. The van der Waals surface area contributed by atoms with Crippen LogP contribution in [0.15, 0.2) is 12.1 Å². The predicted molar refractivity (Wildman–Crippen MR) is 77.5 cm³/mol. The minimum atomic E-state index is 0.0909. The topological polar surface area (TPSA) is 33.2 Å². The monoisotopic (exact) mass is 280 g/mol. The highest BCUT2D eigenvalue weighted by Crippen LogP contribution is 2.20. The molecular formula is C15H21ClN2O. The molecule has 1 atom stereocenters. The molecule has 1 amide bonds.